The lowest BCUT2D eigenvalue weighted by Gasteiger charge is -2.09. The number of nitro groups is 1. The Bertz CT molecular complexity index is 602. The Kier molecular flexibility index (Phi) is 5.22. The Labute approximate surface area is 122 Å². The molecular weight excluding hydrogens is 270 g/mol. The van der Waals surface area contributed by atoms with Crippen molar-refractivity contribution in [2.45, 2.75) is 20.1 Å². The van der Waals surface area contributed by atoms with E-state index in [1.54, 1.807) is 18.3 Å². The molecule has 21 heavy (non-hydrogen) atoms. The van der Waals surface area contributed by atoms with E-state index >= 15 is 0 Å². The van der Waals surface area contributed by atoms with Gasteiger partial charge in [0.05, 0.1) is 10.6 Å². The van der Waals surface area contributed by atoms with Gasteiger partial charge in [0.25, 0.3) is 0 Å². The average molecular weight is 287 g/mol. The van der Waals surface area contributed by atoms with E-state index in [-0.39, 0.29) is 18.0 Å². The summed E-state index contributed by atoms with van der Waals surface area (Å²) in [5.41, 5.74) is 1.63. The number of pyridine rings is 1. The summed E-state index contributed by atoms with van der Waals surface area (Å²) < 4.78 is 5.57. The minimum absolute atomic E-state index is 0.0359. The summed E-state index contributed by atoms with van der Waals surface area (Å²) in [7, 11) is 0. The minimum Gasteiger partial charge on any atom is -0.480 e. The number of nitro benzene ring substituents is 1. The van der Waals surface area contributed by atoms with Gasteiger partial charge in [0, 0.05) is 18.8 Å². The van der Waals surface area contributed by atoms with Crippen LogP contribution in [0.1, 0.15) is 18.2 Å². The first kappa shape index (κ1) is 14.9. The van der Waals surface area contributed by atoms with Crippen LogP contribution in [-0.2, 0) is 13.2 Å². The van der Waals surface area contributed by atoms with Crippen LogP contribution in [0.5, 0.6) is 5.75 Å². The second-order valence-corrected chi connectivity index (χ2v) is 4.45. The molecule has 6 nitrogen and oxygen atoms in total. The van der Waals surface area contributed by atoms with E-state index in [1.165, 1.54) is 6.07 Å². The Hall–Kier alpha value is -2.47. The number of benzene rings is 1. The Morgan fingerprint density at radius 1 is 1.33 bits per heavy atom. The number of nitrogens with zero attached hydrogens (tertiary/aromatic N) is 2. The van der Waals surface area contributed by atoms with Crippen LogP contribution in [0.15, 0.2) is 42.6 Å². The molecule has 0 saturated carbocycles. The highest BCUT2D eigenvalue weighted by Crippen LogP contribution is 2.28. The molecule has 0 bridgehead atoms. The highest BCUT2D eigenvalue weighted by Gasteiger charge is 2.15. The zero-order chi connectivity index (χ0) is 15.1. The number of hydrogen-bond acceptors (Lipinski definition) is 5. The number of aromatic nitrogens is 1. The van der Waals surface area contributed by atoms with E-state index in [0.29, 0.717) is 6.54 Å². The Morgan fingerprint density at radius 3 is 2.86 bits per heavy atom. The molecule has 0 amide bonds. The summed E-state index contributed by atoms with van der Waals surface area (Å²) in [6.45, 7) is 3.69. The van der Waals surface area contributed by atoms with E-state index in [1.807, 2.05) is 25.1 Å². The molecule has 1 aromatic carbocycles. The van der Waals surface area contributed by atoms with Crippen molar-refractivity contribution in [3.8, 4) is 5.75 Å². The third kappa shape index (κ3) is 4.25. The predicted octanol–water partition coefficient (Wildman–Crippen LogP) is 2.68. The number of ether oxygens (including phenoxy) is 1. The molecule has 1 aromatic heterocycles. The highest BCUT2D eigenvalue weighted by atomic mass is 16.6. The summed E-state index contributed by atoms with van der Waals surface area (Å²) in [5, 5.41) is 14.2. The Balaban J connectivity index is 2.16. The van der Waals surface area contributed by atoms with E-state index in [0.717, 1.165) is 17.8 Å². The largest absolute Gasteiger partial charge is 0.480 e. The van der Waals surface area contributed by atoms with Crippen LogP contribution in [0, 0.1) is 10.1 Å². The van der Waals surface area contributed by atoms with Gasteiger partial charge < -0.3 is 10.1 Å². The molecule has 1 N–H and O–H groups in total. The van der Waals surface area contributed by atoms with Gasteiger partial charge in [-0.1, -0.05) is 19.1 Å². The van der Waals surface area contributed by atoms with Crippen LogP contribution in [0.2, 0.25) is 0 Å². The van der Waals surface area contributed by atoms with Crippen molar-refractivity contribution in [3.05, 3.63) is 64.0 Å². The van der Waals surface area contributed by atoms with Gasteiger partial charge in [0.2, 0.25) is 0 Å². The molecular formula is C15H17N3O3. The molecule has 2 rings (SSSR count). The lowest BCUT2D eigenvalue weighted by Crippen LogP contribution is -2.12. The first-order valence-electron chi connectivity index (χ1n) is 6.71. The number of rotatable bonds is 7. The third-order valence-corrected chi connectivity index (χ3v) is 2.90. The average Bonchev–Trinajstić information content (AvgIpc) is 2.51. The minimum atomic E-state index is -0.440. The lowest BCUT2D eigenvalue weighted by atomic mass is 10.2. The van der Waals surface area contributed by atoms with Gasteiger partial charge >= 0.3 is 5.69 Å². The third-order valence-electron chi connectivity index (χ3n) is 2.90. The topological polar surface area (TPSA) is 77.3 Å². The van der Waals surface area contributed by atoms with Crippen molar-refractivity contribution in [1.82, 2.24) is 10.3 Å². The molecule has 6 heteroatoms. The van der Waals surface area contributed by atoms with Gasteiger partial charge in [-0.05, 0) is 30.3 Å². The maximum absolute atomic E-state index is 11.1. The van der Waals surface area contributed by atoms with Crippen molar-refractivity contribution in [2.24, 2.45) is 0 Å². The second kappa shape index (κ2) is 7.35. The summed E-state index contributed by atoms with van der Waals surface area (Å²) >= 11 is 0. The zero-order valence-corrected chi connectivity index (χ0v) is 11.8. The highest BCUT2D eigenvalue weighted by molar-refractivity contribution is 5.48. The molecule has 0 spiro atoms. The van der Waals surface area contributed by atoms with Crippen molar-refractivity contribution in [1.29, 1.82) is 0 Å². The van der Waals surface area contributed by atoms with Crippen LogP contribution in [0.4, 0.5) is 5.69 Å². The molecule has 0 aliphatic rings. The van der Waals surface area contributed by atoms with E-state index < -0.39 is 4.92 Å². The fraction of sp³-hybridized carbons (Fsp3) is 0.267. The smallest absolute Gasteiger partial charge is 0.310 e. The number of hydrogen-bond donors (Lipinski definition) is 1. The fourth-order valence-corrected chi connectivity index (χ4v) is 1.84. The lowest BCUT2D eigenvalue weighted by molar-refractivity contribution is -0.386. The molecule has 110 valence electrons. The molecule has 0 saturated heterocycles. The van der Waals surface area contributed by atoms with E-state index in [2.05, 4.69) is 10.3 Å². The Morgan fingerprint density at radius 2 is 2.19 bits per heavy atom. The molecule has 2 aromatic rings. The van der Waals surface area contributed by atoms with Crippen LogP contribution >= 0.6 is 0 Å². The zero-order valence-electron chi connectivity index (χ0n) is 11.8. The van der Waals surface area contributed by atoms with Crippen molar-refractivity contribution >= 4 is 5.69 Å². The summed E-state index contributed by atoms with van der Waals surface area (Å²) in [6, 6.07) is 10.4. The van der Waals surface area contributed by atoms with Crippen molar-refractivity contribution in [3.63, 3.8) is 0 Å². The second-order valence-electron chi connectivity index (χ2n) is 4.45. The molecule has 0 aliphatic heterocycles. The standard InChI is InChI=1S/C15H17N3O3/c1-2-16-10-12-6-7-14(18(19)20)15(9-12)21-11-13-5-3-4-8-17-13/h3-9,16H,2,10-11H2,1H3. The van der Waals surface area contributed by atoms with Crippen LogP contribution < -0.4 is 10.1 Å². The van der Waals surface area contributed by atoms with Gasteiger partial charge in [-0.2, -0.15) is 0 Å². The molecule has 1 heterocycles. The molecule has 0 fully saturated rings. The van der Waals surface area contributed by atoms with Crippen molar-refractivity contribution < 1.29 is 9.66 Å². The summed E-state index contributed by atoms with van der Waals surface area (Å²) in [4.78, 5) is 14.7. The normalized spacial score (nSPS) is 10.3. The first-order chi connectivity index (χ1) is 10.2. The predicted molar refractivity (Wildman–Crippen MR) is 79.0 cm³/mol. The fourth-order valence-electron chi connectivity index (χ4n) is 1.84. The summed E-state index contributed by atoms with van der Waals surface area (Å²) in [6.07, 6.45) is 1.66. The van der Waals surface area contributed by atoms with Gasteiger partial charge in [-0.3, -0.25) is 15.1 Å². The monoisotopic (exact) mass is 287 g/mol. The first-order valence-corrected chi connectivity index (χ1v) is 6.71. The van der Waals surface area contributed by atoms with E-state index in [4.69, 9.17) is 4.74 Å². The van der Waals surface area contributed by atoms with Gasteiger partial charge in [-0.15, -0.1) is 0 Å². The van der Waals surface area contributed by atoms with E-state index in [9.17, 15) is 10.1 Å². The van der Waals surface area contributed by atoms with Crippen LogP contribution in [0.3, 0.4) is 0 Å². The van der Waals surface area contributed by atoms with Gasteiger partial charge in [0.15, 0.2) is 5.75 Å². The van der Waals surface area contributed by atoms with Crippen LogP contribution in [0.25, 0.3) is 0 Å². The maximum atomic E-state index is 11.1. The molecule has 0 radical (unpaired) electrons. The molecule has 0 unspecified atom stereocenters. The molecule has 0 aliphatic carbocycles. The molecule has 0 atom stereocenters. The SMILES string of the molecule is CCNCc1ccc([N+](=O)[O-])c(OCc2ccccn2)c1. The van der Waals surface area contributed by atoms with Gasteiger partial charge in [0.1, 0.15) is 6.61 Å². The quantitative estimate of drug-likeness (QED) is 0.625. The number of nitrogens with one attached hydrogen (secondary N) is 1. The van der Waals surface area contributed by atoms with Crippen LogP contribution in [-0.4, -0.2) is 16.5 Å². The summed E-state index contributed by atoms with van der Waals surface area (Å²) in [5.74, 6) is 0.265. The van der Waals surface area contributed by atoms with Crippen molar-refractivity contribution in [2.75, 3.05) is 6.54 Å². The van der Waals surface area contributed by atoms with Gasteiger partial charge in [-0.25, -0.2) is 0 Å². The maximum Gasteiger partial charge on any atom is 0.310 e.